The third-order valence-electron chi connectivity index (χ3n) is 10.5. The number of aliphatic hydroxyl groups excluding tert-OH is 1. The maximum atomic E-state index is 13.9. The number of anilines is 2. The summed E-state index contributed by atoms with van der Waals surface area (Å²) in [6, 6.07) is 19.5. The van der Waals surface area contributed by atoms with Crippen molar-refractivity contribution in [3.8, 4) is 43.7 Å². The van der Waals surface area contributed by atoms with Crippen LogP contribution in [0.25, 0.3) is 64.1 Å². The van der Waals surface area contributed by atoms with Gasteiger partial charge in [0.15, 0.2) is 0 Å². The van der Waals surface area contributed by atoms with Gasteiger partial charge in [-0.1, -0.05) is 84.5 Å². The number of nitrogens with zero attached hydrogens (tertiary/aromatic N) is 4. The van der Waals surface area contributed by atoms with Crippen LogP contribution >= 0.6 is 45.3 Å². The molecule has 0 aliphatic rings. The molecule has 0 bridgehead atoms. The summed E-state index contributed by atoms with van der Waals surface area (Å²) in [5, 5.41) is 27.8. The lowest BCUT2D eigenvalue weighted by Gasteiger charge is -2.18. The second-order valence-electron chi connectivity index (χ2n) is 15.4. The van der Waals surface area contributed by atoms with Gasteiger partial charge in [0, 0.05) is 27.7 Å². The van der Waals surface area contributed by atoms with Crippen LogP contribution in [0.5, 0.6) is 0 Å². The summed E-state index contributed by atoms with van der Waals surface area (Å²) in [6.07, 6.45) is 5.16. The van der Waals surface area contributed by atoms with Crippen molar-refractivity contribution < 1.29 is 19.3 Å². The topological polar surface area (TPSA) is 190 Å². The first-order chi connectivity index (χ1) is 29.3. The van der Waals surface area contributed by atoms with Crippen LogP contribution in [0.3, 0.4) is 0 Å². The van der Waals surface area contributed by atoms with Crippen LogP contribution in [-0.2, 0) is 34.4 Å². The molecule has 6 heterocycles. The number of benzene rings is 2. The van der Waals surface area contributed by atoms with E-state index in [9.17, 15) is 19.3 Å². The average Bonchev–Trinajstić information content (AvgIpc) is 4.08. The second kappa shape index (κ2) is 18.4. The van der Waals surface area contributed by atoms with Crippen molar-refractivity contribution in [3.63, 3.8) is 0 Å². The lowest BCUT2D eigenvalue weighted by molar-refractivity contribution is 0.0786. The number of nitrogen functional groups attached to an aromatic ring is 2. The first kappa shape index (κ1) is 43.7. The molecule has 0 aliphatic carbocycles. The van der Waals surface area contributed by atoms with Gasteiger partial charge in [0.1, 0.15) is 53.9 Å². The third-order valence-corrected chi connectivity index (χ3v) is 18.2. The Balaban J connectivity index is 1.00. The summed E-state index contributed by atoms with van der Waals surface area (Å²) in [5.74, 6) is 0.993. The van der Waals surface area contributed by atoms with E-state index in [4.69, 9.17) is 26.4 Å². The molecule has 316 valence electrons. The molecule has 3 unspecified atom stereocenters. The number of aryl methyl sites for hydroxylation is 1. The highest BCUT2D eigenvalue weighted by molar-refractivity contribution is 7.94. The predicted molar refractivity (Wildman–Crippen MR) is 257 cm³/mol. The summed E-state index contributed by atoms with van der Waals surface area (Å²) in [4.78, 5) is 20.9. The van der Waals surface area contributed by atoms with Crippen molar-refractivity contribution in [1.82, 2.24) is 19.9 Å². The minimum absolute atomic E-state index is 0.445. The van der Waals surface area contributed by atoms with E-state index in [1.54, 1.807) is 27.0 Å². The predicted octanol–water partition coefficient (Wildman–Crippen LogP) is 11.0. The number of hydrogen-bond donors (Lipinski definition) is 4. The number of aliphatic hydroxyl groups is 2. The van der Waals surface area contributed by atoms with Crippen LogP contribution in [0, 0.1) is 0 Å². The Bertz CT molecular complexity index is 2780. The molecule has 6 aromatic heterocycles. The van der Waals surface area contributed by atoms with Gasteiger partial charge in [0.05, 0.1) is 17.4 Å². The number of pyridine rings is 2. The number of rotatable bonds is 16. The molecule has 6 N–H and O–H groups in total. The smallest absolute Gasteiger partial charge is 0.232 e. The molecule has 0 aliphatic heterocycles. The number of hydrogen-bond acceptors (Lipinski definition) is 14. The number of thiazole rings is 2. The number of fused-ring (bicyclic) bond motifs is 2. The van der Waals surface area contributed by atoms with Gasteiger partial charge in [-0.05, 0) is 114 Å². The van der Waals surface area contributed by atoms with E-state index in [1.807, 2.05) is 66.0 Å². The van der Waals surface area contributed by atoms with Gasteiger partial charge in [-0.25, -0.2) is 19.9 Å². The van der Waals surface area contributed by atoms with Crippen LogP contribution in [0.1, 0.15) is 76.3 Å². The van der Waals surface area contributed by atoms with E-state index in [0.717, 1.165) is 89.6 Å². The van der Waals surface area contributed by atoms with E-state index in [0.29, 0.717) is 54.7 Å². The molecule has 0 fully saturated rings. The zero-order valence-corrected chi connectivity index (χ0v) is 39.0. The second-order valence-corrected chi connectivity index (χ2v) is 22.7. The fourth-order valence-corrected chi connectivity index (χ4v) is 14.0. The van der Waals surface area contributed by atoms with Crippen molar-refractivity contribution in [2.75, 3.05) is 23.0 Å². The maximum absolute atomic E-state index is 13.9. The standard InChI is InChI=1S/C45H46N6O4S6/c1-5-6-20-60(54)43-37(46)36-32(27-12-10-26(11-13-27)25(2)52)23-34(51-42(36)59-43)40-49-30(24-57-40)9-7-8-21-61(55)44-38(47)35-31(28-14-16-29(17-15-28)45(3,4)53)22-33(50-41(35)58-44)39-48-18-19-56-39/h10-19,22-25,52-53H,5-9,20-21,46-47H2,1-4H3. The Morgan fingerprint density at radius 2 is 1.31 bits per heavy atom. The summed E-state index contributed by atoms with van der Waals surface area (Å²) in [7, 11) is 0. The zero-order chi connectivity index (χ0) is 43.0. The van der Waals surface area contributed by atoms with Crippen LogP contribution < -0.4 is 11.5 Å². The summed E-state index contributed by atoms with van der Waals surface area (Å²) in [6.45, 7) is 7.33. The van der Waals surface area contributed by atoms with E-state index in [2.05, 4.69) is 17.3 Å². The Kier molecular flexibility index (Phi) is 13.2. The fraction of sp³-hybridized carbons (Fsp3) is 0.289. The lowest BCUT2D eigenvalue weighted by atomic mass is 9.94. The van der Waals surface area contributed by atoms with E-state index < -0.39 is 34.1 Å². The van der Waals surface area contributed by atoms with Crippen LogP contribution in [0.15, 0.2) is 86.0 Å². The molecule has 10 nitrogen and oxygen atoms in total. The molecule has 0 amide bonds. The molecule has 0 radical (unpaired) electrons. The SMILES string of the molecule is CCCC[S+]([O-])c1sc2nc(-c3nc(CCCC[S+]([O-])c4sc5nc(-c6nccs6)cc(-c6ccc(C(C)(C)O)cc6)c5c4N)cs3)cc(-c3ccc(C(C)O)cc3)c2c1N. The van der Waals surface area contributed by atoms with Crippen molar-refractivity contribution in [2.24, 2.45) is 0 Å². The van der Waals surface area contributed by atoms with Crippen LogP contribution in [0.4, 0.5) is 11.4 Å². The van der Waals surface area contributed by atoms with Crippen molar-refractivity contribution >= 4 is 99.5 Å². The lowest BCUT2D eigenvalue weighted by Crippen LogP contribution is -2.14. The monoisotopic (exact) mass is 926 g/mol. The molecule has 2 aromatic carbocycles. The number of thiophene rings is 2. The van der Waals surface area contributed by atoms with Crippen LogP contribution in [0.2, 0.25) is 0 Å². The Labute approximate surface area is 377 Å². The molecular formula is C45H46N6O4S6. The number of unbranched alkanes of at least 4 members (excludes halogenated alkanes) is 2. The minimum atomic E-state index is -1.34. The zero-order valence-electron chi connectivity index (χ0n) is 34.1. The van der Waals surface area contributed by atoms with Gasteiger partial charge in [0.2, 0.25) is 8.42 Å². The van der Waals surface area contributed by atoms with Gasteiger partial charge in [-0.2, -0.15) is 0 Å². The molecule has 3 atom stereocenters. The van der Waals surface area contributed by atoms with Crippen LogP contribution in [-0.4, -0.2) is 50.8 Å². The normalized spacial score (nSPS) is 13.6. The van der Waals surface area contributed by atoms with Gasteiger partial charge < -0.3 is 30.8 Å². The first-order valence-electron chi connectivity index (χ1n) is 20.0. The third kappa shape index (κ3) is 9.25. The van der Waals surface area contributed by atoms with Gasteiger partial charge >= 0.3 is 0 Å². The average molecular weight is 927 g/mol. The Morgan fingerprint density at radius 3 is 1.84 bits per heavy atom. The minimum Gasteiger partial charge on any atom is -0.611 e. The van der Waals surface area contributed by atoms with Gasteiger partial charge in [0.25, 0.3) is 0 Å². The maximum Gasteiger partial charge on any atom is 0.232 e. The van der Waals surface area contributed by atoms with Crippen molar-refractivity contribution in [3.05, 3.63) is 94.4 Å². The van der Waals surface area contributed by atoms with Gasteiger partial charge in [-0.3, -0.25) is 0 Å². The summed E-state index contributed by atoms with van der Waals surface area (Å²) in [5.41, 5.74) is 21.2. The van der Waals surface area contributed by atoms with Crippen molar-refractivity contribution in [1.29, 1.82) is 0 Å². The highest BCUT2D eigenvalue weighted by Crippen LogP contribution is 2.46. The Morgan fingerprint density at radius 1 is 0.754 bits per heavy atom. The molecule has 8 aromatic rings. The van der Waals surface area contributed by atoms with E-state index in [1.165, 1.54) is 45.3 Å². The molecule has 0 saturated heterocycles. The first-order valence-corrected chi connectivity index (χ1v) is 26.0. The number of nitrogens with two attached hydrogens (primary N) is 2. The largest absolute Gasteiger partial charge is 0.611 e. The highest BCUT2D eigenvalue weighted by Gasteiger charge is 2.27. The molecule has 0 saturated carbocycles. The van der Waals surface area contributed by atoms with Gasteiger partial charge in [-0.15, -0.1) is 22.7 Å². The fourth-order valence-electron chi connectivity index (χ4n) is 7.10. The Hall–Kier alpha value is -3.94. The van der Waals surface area contributed by atoms with E-state index >= 15 is 0 Å². The molecule has 61 heavy (non-hydrogen) atoms. The van der Waals surface area contributed by atoms with Crippen molar-refractivity contribution in [2.45, 2.75) is 79.9 Å². The summed E-state index contributed by atoms with van der Waals surface area (Å²) >= 11 is 3.22. The molecule has 8 rings (SSSR count). The quantitative estimate of drug-likeness (QED) is 0.0536. The summed E-state index contributed by atoms with van der Waals surface area (Å²) < 4.78 is 28.5. The molecular weight excluding hydrogens is 881 g/mol. The van der Waals surface area contributed by atoms with E-state index in [-0.39, 0.29) is 0 Å². The molecule has 16 heteroatoms. The molecule has 0 spiro atoms. The highest BCUT2D eigenvalue weighted by atomic mass is 32.2. The number of aromatic nitrogens is 4.